The van der Waals surface area contributed by atoms with Gasteiger partial charge in [-0.2, -0.15) is 8.42 Å². The van der Waals surface area contributed by atoms with Gasteiger partial charge in [-0.1, -0.05) is 111 Å². The zero-order valence-electron chi connectivity index (χ0n) is 29.3. The third kappa shape index (κ3) is 6.31. The van der Waals surface area contributed by atoms with Crippen molar-refractivity contribution in [2.45, 2.75) is 74.3 Å². The number of benzene rings is 6. The van der Waals surface area contributed by atoms with Crippen LogP contribution in [0.15, 0.2) is 107 Å². The van der Waals surface area contributed by atoms with Gasteiger partial charge in [-0.05, 0) is 92.2 Å². The standard InChI is InChI=1S/C43H38F4O3S2/c1-24(2)38-28(22-36(44)45)19-20-34-39(33-18-10-16-31-30-15-8-6-12-27(30)21-35(31)33)42(51(25(3)4)23-37(46)47)43(52(48,49)50)41(40(34)38)32-17-9-13-26-11-5-7-14-29(26)32/h5-20,24-25,36-37H,21-23H2,1-4H3/p+1. The summed E-state index contributed by atoms with van der Waals surface area (Å²) in [5.41, 5.74) is 6.61. The van der Waals surface area contributed by atoms with E-state index in [0.717, 1.165) is 27.6 Å². The first-order valence-corrected chi connectivity index (χ1v) is 20.2. The predicted octanol–water partition coefficient (Wildman–Crippen LogP) is 11.7. The van der Waals surface area contributed by atoms with E-state index >= 15 is 0 Å². The van der Waals surface area contributed by atoms with Gasteiger partial charge in [0.2, 0.25) is 6.43 Å². The summed E-state index contributed by atoms with van der Waals surface area (Å²) >= 11 is 0. The van der Waals surface area contributed by atoms with Gasteiger partial charge >= 0.3 is 0 Å². The Morgan fingerprint density at radius 3 is 2.02 bits per heavy atom. The molecular weight excluding hydrogens is 705 g/mol. The van der Waals surface area contributed by atoms with Crippen LogP contribution in [0.4, 0.5) is 17.6 Å². The summed E-state index contributed by atoms with van der Waals surface area (Å²) in [7, 11) is -6.55. The maximum absolute atomic E-state index is 14.7. The van der Waals surface area contributed by atoms with E-state index in [1.165, 1.54) is 0 Å². The molecule has 268 valence electrons. The normalized spacial score (nSPS) is 13.6. The van der Waals surface area contributed by atoms with Crippen LogP contribution < -0.4 is 0 Å². The first kappa shape index (κ1) is 36.2. The monoisotopic (exact) mass is 743 g/mol. The number of alkyl halides is 4. The largest absolute Gasteiger partial charge is 0.300 e. The number of rotatable bonds is 10. The molecule has 1 atom stereocenters. The van der Waals surface area contributed by atoms with Gasteiger partial charge in [0.25, 0.3) is 16.5 Å². The number of hydrogen-bond acceptors (Lipinski definition) is 2. The molecule has 0 saturated carbocycles. The van der Waals surface area contributed by atoms with Crippen molar-refractivity contribution in [2.24, 2.45) is 0 Å². The van der Waals surface area contributed by atoms with Crippen molar-refractivity contribution in [3.63, 3.8) is 0 Å². The molecule has 0 amide bonds. The first-order valence-electron chi connectivity index (χ1n) is 17.4. The zero-order chi connectivity index (χ0) is 37.1. The van der Waals surface area contributed by atoms with Crippen LogP contribution in [0.5, 0.6) is 0 Å². The molecule has 1 unspecified atom stereocenters. The maximum Gasteiger partial charge on any atom is 0.300 e. The van der Waals surface area contributed by atoms with Gasteiger partial charge in [-0.15, -0.1) is 0 Å². The van der Waals surface area contributed by atoms with E-state index in [9.17, 15) is 30.5 Å². The summed E-state index contributed by atoms with van der Waals surface area (Å²) in [6.45, 7) is 7.34. The number of fused-ring (bicyclic) bond motifs is 5. The lowest BCUT2D eigenvalue weighted by molar-refractivity contribution is 0.149. The minimum Gasteiger partial charge on any atom is -0.282 e. The lowest BCUT2D eigenvalue weighted by atomic mass is 9.81. The molecule has 3 nitrogen and oxygen atoms in total. The van der Waals surface area contributed by atoms with Crippen molar-refractivity contribution in [3.8, 4) is 33.4 Å². The Kier molecular flexibility index (Phi) is 9.74. The third-order valence-corrected chi connectivity index (χ3v) is 13.8. The van der Waals surface area contributed by atoms with E-state index < -0.39 is 56.2 Å². The minimum atomic E-state index is -5.15. The minimum absolute atomic E-state index is 0.147. The SMILES string of the molecule is CC(C)c1c(CC(F)F)ccc2c(-c3cccc4c3Cc3ccccc3-4)c([S+](CC(F)F)C(C)C)c(S(=O)(=O)O)c(-c3cccc4ccccc34)c12. The molecule has 1 aliphatic carbocycles. The van der Waals surface area contributed by atoms with Crippen molar-refractivity contribution in [2.75, 3.05) is 5.75 Å². The fourth-order valence-corrected chi connectivity index (χ4v) is 11.7. The quantitative estimate of drug-likeness (QED) is 0.0862. The molecule has 7 rings (SSSR count). The number of halogens is 4. The lowest BCUT2D eigenvalue weighted by Gasteiger charge is -2.27. The molecule has 1 aliphatic rings. The topological polar surface area (TPSA) is 54.4 Å². The Morgan fingerprint density at radius 2 is 1.33 bits per heavy atom. The van der Waals surface area contributed by atoms with Crippen LogP contribution in [-0.4, -0.2) is 36.8 Å². The van der Waals surface area contributed by atoms with Crippen LogP contribution in [0.1, 0.15) is 55.9 Å². The summed E-state index contributed by atoms with van der Waals surface area (Å²) in [5, 5.41) is 2.03. The molecule has 0 fully saturated rings. The molecule has 0 saturated heterocycles. The van der Waals surface area contributed by atoms with Gasteiger partial charge in [0, 0.05) is 28.4 Å². The second-order valence-corrected chi connectivity index (χ2v) is 17.8. The molecular formula is C43H39F4O3S2+. The highest BCUT2D eigenvalue weighted by Gasteiger charge is 2.43. The highest BCUT2D eigenvalue weighted by Crippen LogP contribution is 2.53. The molecule has 0 bridgehead atoms. The molecule has 6 aromatic carbocycles. The van der Waals surface area contributed by atoms with Crippen molar-refractivity contribution in [1.82, 2.24) is 0 Å². The molecule has 0 aliphatic heterocycles. The van der Waals surface area contributed by atoms with Crippen LogP contribution in [0.25, 0.3) is 54.9 Å². The van der Waals surface area contributed by atoms with Crippen LogP contribution in [0, 0.1) is 0 Å². The third-order valence-electron chi connectivity index (χ3n) is 10.0. The van der Waals surface area contributed by atoms with Crippen LogP contribution >= 0.6 is 0 Å². The molecule has 0 spiro atoms. The molecule has 52 heavy (non-hydrogen) atoms. The van der Waals surface area contributed by atoms with E-state index in [4.69, 9.17) is 0 Å². The summed E-state index contributed by atoms with van der Waals surface area (Å²) in [4.78, 5) is -0.290. The van der Waals surface area contributed by atoms with E-state index in [-0.39, 0.29) is 16.4 Å². The average molecular weight is 744 g/mol. The van der Waals surface area contributed by atoms with Crippen molar-refractivity contribution in [1.29, 1.82) is 0 Å². The van der Waals surface area contributed by atoms with Gasteiger partial charge in [0.15, 0.2) is 15.5 Å². The Balaban J connectivity index is 1.80. The highest BCUT2D eigenvalue weighted by atomic mass is 32.2. The zero-order valence-corrected chi connectivity index (χ0v) is 30.9. The Bertz CT molecular complexity index is 2450. The Hall–Kier alpha value is -4.18. The van der Waals surface area contributed by atoms with Crippen LogP contribution in [0.2, 0.25) is 0 Å². The fraction of sp³-hybridized carbons (Fsp3) is 0.256. The van der Waals surface area contributed by atoms with Gasteiger partial charge in [-0.25, -0.2) is 17.6 Å². The Labute approximate surface area is 304 Å². The molecule has 9 heteroatoms. The summed E-state index contributed by atoms with van der Waals surface area (Å²) in [5.74, 6) is -0.974. The van der Waals surface area contributed by atoms with E-state index in [2.05, 4.69) is 0 Å². The van der Waals surface area contributed by atoms with Crippen molar-refractivity contribution in [3.05, 3.63) is 119 Å². The number of hydrogen-bond donors (Lipinski definition) is 1. The molecule has 1 N–H and O–H groups in total. The van der Waals surface area contributed by atoms with Gasteiger partial charge in [0.05, 0.1) is 0 Å². The first-order chi connectivity index (χ1) is 24.8. The molecule has 0 radical (unpaired) electrons. The van der Waals surface area contributed by atoms with Crippen molar-refractivity contribution < 1.29 is 30.5 Å². The lowest BCUT2D eigenvalue weighted by Crippen LogP contribution is -2.27. The summed E-state index contributed by atoms with van der Waals surface area (Å²) in [6.07, 6.45) is -5.48. The average Bonchev–Trinajstić information content (AvgIpc) is 3.47. The Morgan fingerprint density at radius 1 is 0.692 bits per heavy atom. The molecule has 6 aromatic rings. The summed E-state index contributed by atoms with van der Waals surface area (Å²) in [6, 6.07) is 30.0. The predicted molar refractivity (Wildman–Crippen MR) is 206 cm³/mol. The second kappa shape index (κ2) is 14.0. The second-order valence-electron chi connectivity index (χ2n) is 13.9. The van der Waals surface area contributed by atoms with E-state index in [0.29, 0.717) is 50.4 Å². The van der Waals surface area contributed by atoms with Crippen LogP contribution in [0.3, 0.4) is 0 Å². The maximum atomic E-state index is 14.7. The van der Waals surface area contributed by atoms with E-state index in [1.807, 2.05) is 86.6 Å². The van der Waals surface area contributed by atoms with Gasteiger partial charge in [0.1, 0.15) is 5.25 Å². The van der Waals surface area contributed by atoms with Crippen LogP contribution in [-0.2, 0) is 33.9 Å². The summed E-state index contributed by atoms with van der Waals surface area (Å²) < 4.78 is 97.9. The van der Waals surface area contributed by atoms with Gasteiger partial charge in [-0.3, -0.25) is 4.55 Å². The highest BCUT2D eigenvalue weighted by molar-refractivity contribution is 7.98. The molecule has 0 aromatic heterocycles. The van der Waals surface area contributed by atoms with Gasteiger partial charge < -0.3 is 0 Å². The van der Waals surface area contributed by atoms with E-state index in [1.54, 1.807) is 38.1 Å². The molecule has 0 heterocycles. The van der Waals surface area contributed by atoms with Crippen molar-refractivity contribution >= 4 is 42.6 Å². The fourth-order valence-electron chi connectivity index (χ4n) is 8.11. The smallest absolute Gasteiger partial charge is 0.282 e.